The molecule has 0 saturated carbocycles. The van der Waals surface area contributed by atoms with Crippen LogP contribution in [0.15, 0.2) is 83.8 Å². The summed E-state index contributed by atoms with van der Waals surface area (Å²) in [4.78, 5) is 26.4. The zero-order valence-electron chi connectivity index (χ0n) is 19.0. The molecule has 0 aliphatic rings. The van der Waals surface area contributed by atoms with Crippen LogP contribution in [0.4, 0.5) is 9.39 Å². The van der Waals surface area contributed by atoms with Crippen LogP contribution in [0.2, 0.25) is 0 Å². The first kappa shape index (κ1) is 25.0. The van der Waals surface area contributed by atoms with Crippen molar-refractivity contribution in [1.29, 1.82) is 5.26 Å². The van der Waals surface area contributed by atoms with E-state index in [4.69, 9.17) is 0 Å². The van der Waals surface area contributed by atoms with Gasteiger partial charge < -0.3 is 5.32 Å². The van der Waals surface area contributed by atoms with Gasteiger partial charge in [0.25, 0.3) is 0 Å². The maximum absolute atomic E-state index is 13.8. The van der Waals surface area contributed by atoms with E-state index in [0.29, 0.717) is 32.1 Å². The van der Waals surface area contributed by atoms with E-state index in [0.717, 1.165) is 23.7 Å². The van der Waals surface area contributed by atoms with Gasteiger partial charge in [-0.25, -0.2) is 12.8 Å². The minimum absolute atomic E-state index is 0.00559. The second kappa shape index (κ2) is 10.2. The molecule has 0 unspecified atom stereocenters. The normalized spacial score (nSPS) is 11.0. The van der Waals surface area contributed by atoms with Crippen LogP contribution in [-0.2, 0) is 21.1 Å². The Labute approximate surface area is 211 Å². The predicted octanol–water partition coefficient (Wildman–Crippen LogP) is 5.24. The summed E-state index contributed by atoms with van der Waals surface area (Å²) in [6.45, 7) is 0. The van der Waals surface area contributed by atoms with Crippen molar-refractivity contribution in [3.05, 3.63) is 106 Å². The van der Waals surface area contributed by atoms with Gasteiger partial charge in [0, 0.05) is 17.4 Å². The van der Waals surface area contributed by atoms with Crippen LogP contribution in [0.25, 0.3) is 11.1 Å². The lowest BCUT2D eigenvalue weighted by atomic mass is 10.00. The second-order valence-electron chi connectivity index (χ2n) is 8.03. The highest BCUT2D eigenvalue weighted by Gasteiger charge is 2.21. The monoisotopic (exact) mass is 518 g/mol. The van der Waals surface area contributed by atoms with Gasteiger partial charge >= 0.3 is 0 Å². The Morgan fingerprint density at radius 2 is 1.72 bits per heavy atom. The third-order valence-corrected chi connectivity index (χ3v) is 7.48. The molecule has 180 valence electrons. The first-order chi connectivity index (χ1) is 17.1. The van der Waals surface area contributed by atoms with Crippen molar-refractivity contribution < 1.29 is 22.4 Å². The molecule has 0 fully saturated rings. The quantitative estimate of drug-likeness (QED) is 0.337. The van der Waals surface area contributed by atoms with Gasteiger partial charge in [-0.3, -0.25) is 9.59 Å². The van der Waals surface area contributed by atoms with Gasteiger partial charge in [-0.1, -0.05) is 36.4 Å². The molecule has 1 amide bonds. The molecule has 6 nitrogen and oxygen atoms in total. The van der Waals surface area contributed by atoms with E-state index in [-0.39, 0.29) is 22.8 Å². The molecule has 36 heavy (non-hydrogen) atoms. The third kappa shape index (κ3) is 5.74. The Morgan fingerprint density at radius 1 is 1.00 bits per heavy atom. The molecule has 0 aliphatic carbocycles. The predicted molar refractivity (Wildman–Crippen MR) is 136 cm³/mol. The number of anilines is 1. The van der Waals surface area contributed by atoms with Gasteiger partial charge in [0.15, 0.2) is 9.84 Å². The molecule has 9 heteroatoms. The number of hydrogen-bond donors (Lipinski definition) is 1. The number of nitrogens with zero attached hydrogens (tertiary/aromatic N) is 1. The first-order valence-electron chi connectivity index (χ1n) is 10.7. The SMILES string of the molecule is CS(=O)(=O)c1ccc(CC(=O)Nc2cc(-c3cccc(C#N)c3)c(C(=O)c3cccc(F)c3)s2)cc1. The van der Waals surface area contributed by atoms with Crippen LogP contribution < -0.4 is 5.32 Å². The van der Waals surface area contributed by atoms with Gasteiger partial charge in [0.2, 0.25) is 11.7 Å². The Bertz CT molecular complexity index is 1620. The number of benzene rings is 3. The Morgan fingerprint density at radius 3 is 2.39 bits per heavy atom. The van der Waals surface area contributed by atoms with E-state index in [1.807, 2.05) is 0 Å². The zero-order chi connectivity index (χ0) is 25.9. The van der Waals surface area contributed by atoms with Gasteiger partial charge in [-0.05, 0) is 53.6 Å². The van der Waals surface area contributed by atoms with E-state index < -0.39 is 21.4 Å². The summed E-state index contributed by atoms with van der Waals surface area (Å²) in [5.41, 5.74) is 2.32. The number of sulfone groups is 1. The lowest BCUT2D eigenvalue weighted by Gasteiger charge is -2.04. The van der Waals surface area contributed by atoms with Crippen LogP contribution in [0, 0.1) is 17.1 Å². The molecule has 0 spiro atoms. The number of ketones is 1. The number of amides is 1. The molecule has 0 bridgehead atoms. The summed E-state index contributed by atoms with van der Waals surface area (Å²) < 4.78 is 37.0. The van der Waals surface area contributed by atoms with Crippen molar-refractivity contribution in [3.63, 3.8) is 0 Å². The lowest BCUT2D eigenvalue weighted by molar-refractivity contribution is -0.115. The standard InChI is InChI=1S/C27H19FN2O4S2/c1-36(33,34)22-10-8-17(9-11-22)13-24(31)30-25-15-23(19-5-2-4-18(12-19)16-29)27(35-25)26(32)20-6-3-7-21(28)14-20/h2-12,14-15H,13H2,1H3,(H,30,31). The van der Waals surface area contributed by atoms with Crippen molar-refractivity contribution in [2.45, 2.75) is 11.3 Å². The molecule has 1 heterocycles. The maximum atomic E-state index is 13.8. The first-order valence-corrected chi connectivity index (χ1v) is 13.4. The molecule has 0 radical (unpaired) electrons. The van der Waals surface area contributed by atoms with Gasteiger partial charge in [-0.2, -0.15) is 5.26 Å². The molecule has 0 saturated heterocycles. The highest BCUT2D eigenvalue weighted by atomic mass is 32.2. The smallest absolute Gasteiger partial charge is 0.229 e. The summed E-state index contributed by atoms with van der Waals surface area (Å²) in [7, 11) is -3.34. The second-order valence-corrected chi connectivity index (χ2v) is 11.1. The third-order valence-electron chi connectivity index (χ3n) is 5.31. The van der Waals surface area contributed by atoms with Gasteiger partial charge in [-0.15, -0.1) is 11.3 Å². The summed E-state index contributed by atoms with van der Waals surface area (Å²) in [5.74, 6) is -1.31. The van der Waals surface area contributed by atoms with Gasteiger partial charge in [0.1, 0.15) is 5.82 Å². The fourth-order valence-electron chi connectivity index (χ4n) is 3.57. The van der Waals surface area contributed by atoms with Crippen molar-refractivity contribution in [2.75, 3.05) is 11.6 Å². The molecule has 1 aromatic heterocycles. The molecule has 0 atom stereocenters. The molecular formula is C27H19FN2O4S2. The summed E-state index contributed by atoms with van der Waals surface area (Å²) in [5, 5.41) is 12.5. The highest BCUT2D eigenvalue weighted by molar-refractivity contribution is 7.90. The van der Waals surface area contributed by atoms with Crippen LogP contribution in [0.1, 0.15) is 26.4 Å². The number of nitrogens with one attached hydrogen (secondary N) is 1. The molecule has 1 N–H and O–H groups in total. The molecule has 0 aliphatic heterocycles. The summed E-state index contributed by atoms with van der Waals surface area (Å²) in [6.07, 6.45) is 1.10. The van der Waals surface area contributed by atoms with E-state index >= 15 is 0 Å². The minimum Gasteiger partial charge on any atom is -0.317 e. The number of carbonyl (C=O) groups excluding carboxylic acids is 2. The number of thiophene rings is 1. The number of hydrogen-bond acceptors (Lipinski definition) is 6. The Balaban J connectivity index is 1.64. The van der Waals surface area contributed by atoms with Crippen molar-refractivity contribution in [1.82, 2.24) is 0 Å². The fraction of sp³-hybridized carbons (Fsp3) is 0.0741. The summed E-state index contributed by atoms with van der Waals surface area (Å²) in [6, 6.07) is 21.8. The number of halogens is 1. The average Bonchev–Trinajstić information content (AvgIpc) is 3.27. The van der Waals surface area contributed by atoms with Crippen LogP contribution in [0.5, 0.6) is 0 Å². The molecule has 4 rings (SSSR count). The van der Waals surface area contributed by atoms with Crippen LogP contribution in [-0.4, -0.2) is 26.4 Å². The highest BCUT2D eigenvalue weighted by Crippen LogP contribution is 2.37. The Kier molecular flexibility index (Phi) is 7.10. The van der Waals surface area contributed by atoms with Crippen molar-refractivity contribution in [2.24, 2.45) is 0 Å². The minimum atomic E-state index is -3.34. The number of nitriles is 1. The largest absolute Gasteiger partial charge is 0.317 e. The molecule has 3 aromatic carbocycles. The van der Waals surface area contributed by atoms with E-state index in [9.17, 15) is 27.7 Å². The van der Waals surface area contributed by atoms with Crippen LogP contribution in [0.3, 0.4) is 0 Å². The summed E-state index contributed by atoms with van der Waals surface area (Å²) >= 11 is 1.06. The van der Waals surface area contributed by atoms with Crippen LogP contribution >= 0.6 is 11.3 Å². The lowest BCUT2D eigenvalue weighted by Crippen LogP contribution is -2.13. The van der Waals surface area contributed by atoms with E-state index in [2.05, 4.69) is 11.4 Å². The maximum Gasteiger partial charge on any atom is 0.229 e. The van der Waals surface area contributed by atoms with Crippen molar-refractivity contribution in [3.8, 4) is 17.2 Å². The molecule has 4 aromatic rings. The molecular weight excluding hydrogens is 499 g/mol. The fourth-order valence-corrected chi connectivity index (χ4v) is 5.26. The van der Waals surface area contributed by atoms with E-state index in [1.54, 1.807) is 42.5 Å². The van der Waals surface area contributed by atoms with Crippen molar-refractivity contribution >= 4 is 37.9 Å². The topological polar surface area (TPSA) is 104 Å². The zero-order valence-corrected chi connectivity index (χ0v) is 20.6. The van der Waals surface area contributed by atoms with Gasteiger partial charge in [0.05, 0.1) is 32.8 Å². The number of carbonyl (C=O) groups is 2. The van der Waals surface area contributed by atoms with E-state index in [1.165, 1.54) is 30.3 Å². The average molecular weight is 519 g/mol. The Hall–Kier alpha value is -4.13. The number of rotatable bonds is 7.